The van der Waals surface area contributed by atoms with Gasteiger partial charge in [-0.1, -0.05) is 19.1 Å². The average molecular weight is 400 g/mol. The number of fused-ring (bicyclic) bond motifs is 1. The predicted octanol–water partition coefficient (Wildman–Crippen LogP) is 2.95. The number of benzene rings is 1. The molecule has 1 saturated heterocycles. The van der Waals surface area contributed by atoms with E-state index in [2.05, 4.69) is 44.0 Å². The Hall–Kier alpha value is -2.12. The lowest BCUT2D eigenvalue weighted by molar-refractivity contribution is 0.194. The van der Waals surface area contributed by atoms with Gasteiger partial charge in [0.05, 0.1) is 19.8 Å². The van der Waals surface area contributed by atoms with Crippen molar-refractivity contribution in [2.45, 2.75) is 58.7 Å². The third kappa shape index (κ3) is 4.56. The molecule has 0 amide bonds. The van der Waals surface area contributed by atoms with E-state index in [4.69, 9.17) is 9.47 Å². The van der Waals surface area contributed by atoms with Gasteiger partial charge in [-0.3, -0.25) is 4.90 Å². The molecular weight excluding hydrogens is 366 g/mol. The van der Waals surface area contributed by atoms with E-state index < -0.39 is 0 Å². The van der Waals surface area contributed by atoms with Gasteiger partial charge in [0.15, 0.2) is 11.5 Å². The van der Waals surface area contributed by atoms with E-state index in [1.165, 1.54) is 11.4 Å². The number of nitrogens with one attached hydrogen (secondary N) is 1. The number of ether oxygens (including phenoxy) is 2. The topological polar surface area (TPSA) is 64.4 Å². The van der Waals surface area contributed by atoms with Crippen molar-refractivity contribution in [1.82, 2.24) is 25.0 Å². The number of nitrogens with zero attached hydrogens (tertiary/aromatic N) is 4. The Morgan fingerprint density at radius 3 is 2.76 bits per heavy atom. The maximum Gasteiger partial charge on any atom is 0.165 e. The van der Waals surface area contributed by atoms with E-state index in [0.717, 1.165) is 75.9 Å². The summed E-state index contributed by atoms with van der Waals surface area (Å²) in [5, 5.41) is 12.3. The molecule has 2 aliphatic heterocycles. The van der Waals surface area contributed by atoms with E-state index in [9.17, 15) is 0 Å². The number of likely N-dealkylation sites (tertiary alicyclic amines) is 1. The van der Waals surface area contributed by atoms with E-state index >= 15 is 0 Å². The molecule has 3 heterocycles. The third-order valence-electron chi connectivity index (χ3n) is 5.81. The molecule has 0 atom stereocenters. The zero-order valence-electron chi connectivity index (χ0n) is 17.7. The van der Waals surface area contributed by atoms with Crippen molar-refractivity contribution in [1.29, 1.82) is 0 Å². The number of hydrogen-bond acceptors (Lipinski definition) is 6. The molecule has 0 aliphatic carbocycles. The highest BCUT2D eigenvalue weighted by molar-refractivity contribution is 5.46. The number of para-hydroxylation sites is 1. The van der Waals surface area contributed by atoms with Crippen LogP contribution >= 0.6 is 0 Å². The van der Waals surface area contributed by atoms with Crippen LogP contribution in [0.1, 0.15) is 56.2 Å². The van der Waals surface area contributed by atoms with Crippen LogP contribution in [0.2, 0.25) is 0 Å². The van der Waals surface area contributed by atoms with E-state index in [0.29, 0.717) is 19.1 Å². The number of piperidine rings is 1. The predicted molar refractivity (Wildman–Crippen MR) is 112 cm³/mol. The largest absolute Gasteiger partial charge is 0.490 e. The lowest BCUT2D eigenvalue weighted by Gasteiger charge is -2.32. The van der Waals surface area contributed by atoms with Crippen LogP contribution < -0.4 is 14.8 Å². The molecule has 158 valence electrons. The highest BCUT2D eigenvalue weighted by atomic mass is 16.5. The number of aromatic nitrogens is 3. The minimum absolute atomic E-state index is 0.510. The Balaban J connectivity index is 1.41. The normalized spacial score (nSPS) is 17.9. The first-order valence-corrected chi connectivity index (χ1v) is 11.0. The van der Waals surface area contributed by atoms with E-state index in [1.54, 1.807) is 0 Å². The SMILES string of the molecule is CCCOc1c(CN2CCC(c3nnc4n3CCNC4)CC2)cccc1OCC. The van der Waals surface area contributed by atoms with Gasteiger partial charge in [-0.25, -0.2) is 0 Å². The van der Waals surface area contributed by atoms with Crippen LogP contribution in [0, 0.1) is 0 Å². The fourth-order valence-corrected chi connectivity index (χ4v) is 4.33. The van der Waals surface area contributed by atoms with Crippen molar-refractivity contribution in [3.63, 3.8) is 0 Å². The van der Waals surface area contributed by atoms with Crippen molar-refractivity contribution in [3.8, 4) is 11.5 Å². The molecule has 0 radical (unpaired) electrons. The van der Waals surface area contributed by atoms with Crippen molar-refractivity contribution in [2.75, 3.05) is 32.8 Å². The first-order chi connectivity index (χ1) is 14.3. The Morgan fingerprint density at radius 1 is 1.10 bits per heavy atom. The molecule has 1 aromatic carbocycles. The molecule has 4 rings (SSSR count). The van der Waals surface area contributed by atoms with Crippen molar-refractivity contribution in [3.05, 3.63) is 35.4 Å². The highest BCUT2D eigenvalue weighted by Crippen LogP contribution is 2.34. The summed E-state index contributed by atoms with van der Waals surface area (Å²) in [5.41, 5.74) is 1.22. The molecule has 2 aromatic rings. The number of rotatable bonds is 8. The summed E-state index contributed by atoms with van der Waals surface area (Å²) in [6.45, 7) is 11.4. The number of hydrogen-bond donors (Lipinski definition) is 1. The summed E-state index contributed by atoms with van der Waals surface area (Å²) >= 11 is 0. The zero-order chi connectivity index (χ0) is 20.1. The van der Waals surface area contributed by atoms with Crippen LogP contribution in [0.15, 0.2) is 18.2 Å². The molecular formula is C22H33N5O2. The summed E-state index contributed by atoms with van der Waals surface area (Å²) in [5.74, 6) is 4.55. The highest BCUT2D eigenvalue weighted by Gasteiger charge is 2.27. The molecule has 0 unspecified atom stereocenters. The molecule has 7 nitrogen and oxygen atoms in total. The van der Waals surface area contributed by atoms with Gasteiger partial charge in [-0.2, -0.15) is 0 Å². The minimum atomic E-state index is 0.510. The molecule has 0 saturated carbocycles. The summed E-state index contributed by atoms with van der Waals surface area (Å²) in [7, 11) is 0. The first kappa shape index (κ1) is 20.2. The minimum Gasteiger partial charge on any atom is -0.490 e. The maximum absolute atomic E-state index is 6.07. The molecule has 1 N–H and O–H groups in total. The van der Waals surface area contributed by atoms with E-state index in [-0.39, 0.29) is 0 Å². The fraction of sp³-hybridized carbons (Fsp3) is 0.636. The summed E-state index contributed by atoms with van der Waals surface area (Å²) in [6.07, 6.45) is 3.24. The standard InChI is InChI=1S/C22H33N5O2/c1-3-14-29-21-18(6-5-7-19(21)28-4-2)16-26-11-8-17(9-12-26)22-25-24-20-15-23-10-13-27(20)22/h5-7,17,23H,3-4,8-16H2,1-2H3. The van der Waals surface area contributed by atoms with Crippen molar-refractivity contribution < 1.29 is 9.47 Å². The zero-order valence-corrected chi connectivity index (χ0v) is 17.7. The molecule has 0 bridgehead atoms. The monoisotopic (exact) mass is 399 g/mol. The van der Waals surface area contributed by atoms with Crippen LogP contribution in [-0.2, 0) is 19.6 Å². The van der Waals surface area contributed by atoms with Crippen LogP contribution in [0.5, 0.6) is 11.5 Å². The van der Waals surface area contributed by atoms with Gasteiger partial charge in [0.1, 0.15) is 11.6 Å². The lowest BCUT2D eigenvalue weighted by Crippen LogP contribution is -2.34. The Kier molecular flexibility index (Phi) is 6.67. The Morgan fingerprint density at radius 2 is 1.97 bits per heavy atom. The quantitative estimate of drug-likeness (QED) is 0.736. The second-order valence-corrected chi connectivity index (χ2v) is 7.88. The summed E-state index contributed by atoms with van der Waals surface area (Å²) in [4.78, 5) is 2.52. The van der Waals surface area contributed by atoms with Gasteiger partial charge in [0.2, 0.25) is 0 Å². The van der Waals surface area contributed by atoms with Crippen LogP contribution in [-0.4, -0.2) is 52.5 Å². The molecule has 7 heteroatoms. The second kappa shape index (κ2) is 9.59. The van der Waals surface area contributed by atoms with Gasteiger partial charge in [-0.15, -0.1) is 10.2 Å². The fourth-order valence-electron chi connectivity index (χ4n) is 4.33. The van der Waals surface area contributed by atoms with Crippen molar-refractivity contribution in [2.24, 2.45) is 0 Å². The van der Waals surface area contributed by atoms with Crippen molar-refractivity contribution >= 4 is 0 Å². The van der Waals surface area contributed by atoms with Gasteiger partial charge in [0.25, 0.3) is 0 Å². The lowest BCUT2D eigenvalue weighted by atomic mass is 9.95. The van der Waals surface area contributed by atoms with Gasteiger partial charge >= 0.3 is 0 Å². The first-order valence-electron chi connectivity index (χ1n) is 11.0. The van der Waals surface area contributed by atoms with Crippen LogP contribution in [0.25, 0.3) is 0 Å². The smallest absolute Gasteiger partial charge is 0.165 e. The Labute approximate surface area is 173 Å². The molecule has 29 heavy (non-hydrogen) atoms. The second-order valence-electron chi connectivity index (χ2n) is 7.88. The van der Waals surface area contributed by atoms with Gasteiger partial charge in [-0.05, 0) is 45.3 Å². The molecule has 1 fully saturated rings. The molecule has 2 aliphatic rings. The van der Waals surface area contributed by atoms with Crippen LogP contribution in [0.4, 0.5) is 0 Å². The third-order valence-corrected chi connectivity index (χ3v) is 5.81. The summed E-state index contributed by atoms with van der Waals surface area (Å²) in [6, 6.07) is 6.25. The molecule has 1 aromatic heterocycles. The average Bonchev–Trinajstić information content (AvgIpc) is 3.18. The molecule has 0 spiro atoms. The van der Waals surface area contributed by atoms with Crippen LogP contribution in [0.3, 0.4) is 0 Å². The van der Waals surface area contributed by atoms with Gasteiger partial charge < -0.3 is 19.4 Å². The maximum atomic E-state index is 6.07. The Bertz CT molecular complexity index is 798. The summed E-state index contributed by atoms with van der Waals surface area (Å²) < 4.78 is 14.2. The van der Waals surface area contributed by atoms with E-state index in [1.807, 2.05) is 13.0 Å². The van der Waals surface area contributed by atoms with Gasteiger partial charge in [0, 0.05) is 31.1 Å².